The van der Waals surface area contributed by atoms with Crippen molar-refractivity contribution in [2.75, 3.05) is 0 Å². The van der Waals surface area contributed by atoms with Crippen molar-refractivity contribution in [3.05, 3.63) is 75.8 Å². The van der Waals surface area contributed by atoms with Gasteiger partial charge in [0.05, 0.1) is 28.9 Å². The van der Waals surface area contributed by atoms with E-state index < -0.39 is 0 Å². The summed E-state index contributed by atoms with van der Waals surface area (Å²) in [7, 11) is 0. The Balaban J connectivity index is 1.84. The summed E-state index contributed by atoms with van der Waals surface area (Å²) in [5.41, 5.74) is 2.88. The average molecular weight is 374 g/mol. The van der Waals surface area contributed by atoms with E-state index in [1.54, 1.807) is 23.1 Å². The van der Waals surface area contributed by atoms with Gasteiger partial charge in [-0.1, -0.05) is 24.3 Å². The van der Waals surface area contributed by atoms with Gasteiger partial charge in [0, 0.05) is 12.6 Å². The molecule has 1 amide bonds. The first kappa shape index (κ1) is 19.3. The largest absolute Gasteiger partial charge is 0.334 e. The molecule has 0 unspecified atom stereocenters. The smallest absolute Gasteiger partial charge is 0.261 e. The van der Waals surface area contributed by atoms with Crippen molar-refractivity contribution in [1.82, 2.24) is 14.5 Å². The van der Waals surface area contributed by atoms with E-state index >= 15 is 0 Å². The van der Waals surface area contributed by atoms with Crippen LogP contribution in [0, 0.1) is 18.3 Å². The lowest BCUT2D eigenvalue weighted by Crippen LogP contribution is -2.40. The zero-order chi connectivity index (χ0) is 20.3. The number of aromatic nitrogens is 2. The van der Waals surface area contributed by atoms with E-state index in [0.717, 1.165) is 11.1 Å². The molecule has 0 N–H and O–H groups in total. The minimum absolute atomic E-state index is 0.0329. The molecule has 0 spiro atoms. The monoisotopic (exact) mass is 374 g/mol. The van der Waals surface area contributed by atoms with Crippen LogP contribution in [-0.2, 0) is 17.9 Å². The molecular formula is C22H22N4O2. The summed E-state index contributed by atoms with van der Waals surface area (Å²) in [6.07, 6.45) is 1.44. The second-order valence-electron chi connectivity index (χ2n) is 7.07. The minimum Gasteiger partial charge on any atom is -0.334 e. The maximum Gasteiger partial charge on any atom is 0.261 e. The Morgan fingerprint density at radius 2 is 1.93 bits per heavy atom. The number of carbonyl (C=O) groups is 1. The van der Waals surface area contributed by atoms with Crippen molar-refractivity contribution in [2.24, 2.45) is 0 Å². The summed E-state index contributed by atoms with van der Waals surface area (Å²) in [4.78, 5) is 31.8. The molecule has 3 aromatic rings. The molecule has 0 aliphatic rings. The highest BCUT2D eigenvalue weighted by atomic mass is 16.2. The van der Waals surface area contributed by atoms with E-state index in [-0.39, 0.29) is 24.1 Å². The third kappa shape index (κ3) is 3.94. The van der Waals surface area contributed by atoms with Gasteiger partial charge in [0.1, 0.15) is 6.54 Å². The Morgan fingerprint density at radius 1 is 1.21 bits per heavy atom. The van der Waals surface area contributed by atoms with Crippen LogP contribution in [-0.4, -0.2) is 26.4 Å². The number of hydrogen-bond acceptors (Lipinski definition) is 4. The number of benzene rings is 2. The van der Waals surface area contributed by atoms with Crippen molar-refractivity contribution in [3.63, 3.8) is 0 Å². The van der Waals surface area contributed by atoms with Crippen LogP contribution in [0.1, 0.15) is 30.5 Å². The molecule has 0 aliphatic carbocycles. The fourth-order valence-electron chi connectivity index (χ4n) is 3.13. The van der Waals surface area contributed by atoms with E-state index in [2.05, 4.69) is 11.1 Å². The fraction of sp³-hybridized carbons (Fsp3) is 0.273. The summed E-state index contributed by atoms with van der Waals surface area (Å²) < 4.78 is 1.36. The van der Waals surface area contributed by atoms with Gasteiger partial charge in [-0.3, -0.25) is 14.2 Å². The second kappa shape index (κ2) is 8.05. The molecule has 0 fully saturated rings. The van der Waals surface area contributed by atoms with Gasteiger partial charge >= 0.3 is 0 Å². The molecule has 6 heteroatoms. The van der Waals surface area contributed by atoms with Crippen molar-refractivity contribution in [1.29, 1.82) is 5.26 Å². The molecule has 1 aromatic heterocycles. The van der Waals surface area contributed by atoms with Crippen LogP contribution < -0.4 is 5.56 Å². The maximum atomic E-state index is 12.9. The first-order valence-electron chi connectivity index (χ1n) is 9.14. The highest BCUT2D eigenvalue weighted by Crippen LogP contribution is 2.13. The Morgan fingerprint density at radius 3 is 2.57 bits per heavy atom. The number of nitriles is 1. The number of aryl methyl sites for hydroxylation is 1. The summed E-state index contributed by atoms with van der Waals surface area (Å²) in [6, 6.07) is 14.7. The first-order chi connectivity index (χ1) is 13.4. The van der Waals surface area contributed by atoms with Crippen molar-refractivity contribution < 1.29 is 4.79 Å². The Labute approximate surface area is 163 Å². The molecule has 0 atom stereocenters. The van der Waals surface area contributed by atoms with E-state index in [9.17, 15) is 9.59 Å². The van der Waals surface area contributed by atoms with Crippen LogP contribution in [0.2, 0.25) is 0 Å². The first-order valence-corrected chi connectivity index (χ1v) is 9.14. The Hall–Kier alpha value is -3.46. The highest BCUT2D eigenvalue weighted by molar-refractivity contribution is 5.81. The molecule has 0 bridgehead atoms. The third-order valence-corrected chi connectivity index (χ3v) is 4.74. The van der Waals surface area contributed by atoms with Crippen LogP contribution >= 0.6 is 0 Å². The van der Waals surface area contributed by atoms with Crippen molar-refractivity contribution in [2.45, 2.75) is 39.9 Å². The number of carbonyl (C=O) groups excluding carboxylic acids is 1. The van der Waals surface area contributed by atoms with Gasteiger partial charge in [-0.15, -0.1) is 0 Å². The molecule has 0 radical (unpaired) electrons. The lowest BCUT2D eigenvalue weighted by atomic mass is 10.1. The summed E-state index contributed by atoms with van der Waals surface area (Å²) >= 11 is 0. The predicted octanol–water partition coefficient (Wildman–Crippen LogP) is 3.01. The minimum atomic E-state index is -0.218. The third-order valence-electron chi connectivity index (χ3n) is 4.74. The van der Waals surface area contributed by atoms with Gasteiger partial charge in [-0.05, 0) is 50.1 Å². The summed E-state index contributed by atoms with van der Waals surface area (Å²) in [5.74, 6) is -0.157. The molecule has 0 saturated carbocycles. The molecule has 28 heavy (non-hydrogen) atoms. The number of fused-ring (bicyclic) bond motifs is 1. The number of rotatable bonds is 5. The topological polar surface area (TPSA) is 79.0 Å². The lowest BCUT2D eigenvalue weighted by molar-refractivity contribution is -0.134. The van der Waals surface area contributed by atoms with Crippen molar-refractivity contribution in [3.8, 4) is 6.07 Å². The van der Waals surface area contributed by atoms with Crippen LogP contribution in [0.25, 0.3) is 10.9 Å². The zero-order valence-corrected chi connectivity index (χ0v) is 16.2. The van der Waals surface area contributed by atoms with E-state index in [1.165, 1.54) is 10.9 Å². The molecule has 0 saturated heterocycles. The molecule has 0 aliphatic heterocycles. The van der Waals surface area contributed by atoms with E-state index in [0.29, 0.717) is 23.0 Å². The van der Waals surface area contributed by atoms with E-state index in [1.807, 2.05) is 45.0 Å². The SMILES string of the molecule is Cc1cccc2c(=O)n(CC(=O)N(Cc3ccc(C#N)cc3)C(C)C)cnc12. The molecule has 2 aromatic carbocycles. The average Bonchev–Trinajstić information content (AvgIpc) is 2.69. The highest BCUT2D eigenvalue weighted by Gasteiger charge is 2.19. The van der Waals surface area contributed by atoms with Crippen molar-refractivity contribution >= 4 is 16.8 Å². The molecule has 6 nitrogen and oxygen atoms in total. The van der Waals surface area contributed by atoms with Crippen LogP contribution in [0.15, 0.2) is 53.6 Å². The lowest BCUT2D eigenvalue weighted by Gasteiger charge is -2.27. The normalized spacial score (nSPS) is 10.8. The standard InChI is InChI=1S/C22H22N4O2/c1-15(2)26(12-18-9-7-17(11-23)8-10-18)20(27)13-25-14-24-21-16(3)5-4-6-19(21)22(25)28/h4-10,14-15H,12-13H2,1-3H3. The number of nitrogens with zero attached hydrogens (tertiary/aromatic N) is 4. The molecule has 142 valence electrons. The van der Waals surface area contributed by atoms with Gasteiger partial charge < -0.3 is 4.90 Å². The van der Waals surface area contributed by atoms with Crippen LogP contribution in [0.3, 0.4) is 0 Å². The van der Waals surface area contributed by atoms with Crippen LogP contribution in [0.4, 0.5) is 0 Å². The number of amides is 1. The molecular weight excluding hydrogens is 352 g/mol. The Bertz CT molecular complexity index is 1110. The van der Waals surface area contributed by atoms with Gasteiger partial charge in [-0.2, -0.15) is 5.26 Å². The fourth-order valence-corrected chi connectivity index (χ4v) is 3.13. The molecule has 1 heterocycles. The van der Waals surface area contributed by atoms with Gasteiger partial charge in [0.15, 0.2) is 0 Å². The van der Waals surface area contributed by atoms with E-state index in [4.69, 9.17) is 5.26 Å². The quantitative estimate of drug-likeness (QED) is 0.688. The zero-order valence-electron chi connectivity index (χ0n) is 16.2. The predicted molar refractivity (Wildman–Crippen MR) is 108 cm³/mol. The summed E-state index contributed by atoms with van der Waals surface area (Å²) in [5, 5.41) is 9.43. The summed E-state index contributed by atoms with van der Waals surface area (Å²) in [6.45, 7) is 6.13. The maximum absolute atomic E-state index is 12.9. The second-order valence-corrected chi connectivity index (χ2v) is 7.07. The van der Waals surface area contributed by atoms with Gasteiger partial charge in [-0.25, -0.2) is 4.98 Å². The van der Waals surface area contributed by atoms with Gasteiger partial charge in [0.2, 0.25) is 5.91 Å². The molecule has 3 rings (SSSR count). The Kier molecular flexibility index (Phi) is 5.55. The number of hydrogen-bond donors (Lipinski definition) is 0. The number of para-hydroxylation sites is 1. The van der Waals surface area contributed by atoms with Gasteiger partial charge in [0.25, 0.3) is 5.56 Å². The van der Waals surface area contributed by atoms with Crippen LogP contribution in [0.5, 0.6) is 0 Å².